The van der Waals surface area contributed by atoms with Crippen molar-refractivity contribution in [1.29, 1.82) is 5.26 Å². The molecule has 1 aromatic carbocycles. The molecule has 2 heterocycles. The second-order valence-corrected chi connectivity index (χ2v) is 8.97. The number of hydrogen-bond donors (Lipinski definition) is 1. The SMILES string of the molecule is COc1ccccc1C(=O)Nc1cn2cc(C34CC(C#N)(C3)C4)nc2cc1OC(C)C.Cl. The van der Waals surface area contributed by atoms with Gasteiger partial charge in [0.2, 0.25) is 0 Å². The lowest BCUT2D eigenvalue weighted by Gasteiger charge is -2.66. The highest BCUT2D eigenvalue weighted by Gasteiger charge is 2.70. The highest BCUT2D eigenvalue weighted by atomic mass is 35.5. The fourth-order valence-electron chi connectivity index (χ4n) is 4.92. The van der Waals surface area contributed by atoms with E-state index in [1.807, 2.05) is 42.8 Å². The quantitative estimate of drug-likeness (QED) is 0.583. The number of nitrogens with zero attached hydrogens (tertiary/aromatic N) is 3. The number of halogens is 1. The maximum Gasteiger partial charge on any atom is 0.259 e. The molecule has 166 valence electrons. The van der Waals surface area contributed by atoms with Crippen molar-refractivity contribution in [2.45, 2.75) is 44.6 Å². The minimum atomic E-state index is -0.277. The van der Waals surface area contributed by atoms with Crippen molar-refractivity contribution in [2.24, 2.45) is 5.41 Å². The zero-order valence-electron chi connectivity index (χ0n) is 18.2. The van der Waals surface area contributed by atoms with Crippen LogP contribution < -0.4 is 14.8 Å². The Morgan fingerprint density at radius 2 is 1.94 bits per heavy atom. The summed E-state index contributed by atoms with van der Waals surface area (Å²) in [7, 11) is 1.54. The number of ether oxygens (including phenoxy) is 2. The minimum absolute atomic E-state index is 0. The first-order chi connectivity index (χ1) is 14.9. The Bertz CT molecular complexity index is 1220. The monoisotopic (exact) mass is 452 g/mol. The van der Waals surface area contributed by atoms with Crippen molar-refractivity contribution >= 4 is 29.6 Å². The fourth-order valence-corrected chi connectivity index (χ4v) is 4.92. The van der Waals surface area contributed by atoms with Gasteiger partial charge in [0.05, 0.1) is 36.0 Å². The number of methoxy groups -OCH3 is 1. The number of nitrogens with one attached hydrogen (secondary N) is 1. The Kier molecular flexibility index (Phi) is 5.30. The molecular weight excluding hydrogens is 428 g/mol. The highest BCUT2D eigenvalue weighted by molar-refractivity contribution is 6.06. The molecule has 32 heavy (non-hydrogen) atoms. The third-order valence-electron chi connectivity index (χ3n) is 6.33. The number of carbonyl (C=O) groups excluding carboxylic acids is 1. The molecule has 3 aliphatic carbocycles. The van der Waals surface area contributed by atoms with Crippen LogP contribution in [0.5, 0.6) is 11.5 Å². The van der Waals surface area contributed by atoms with Gasteiger partial charge in [0.25, 0.3) is 5.91 Å². The standard InChI is InChI=1S/C24H24N4O3.ClH/c1-15(2)31-19-8-21-27-20(24-11-23(12-24,13-24)14-25)10-28(21)9-17(19)26-22(29)16-6-4-5-7-18(16)30-3;/h4-10,15H,11-13H2,1-3H3,(H,26,29);1H. The lowest BCUT2D eigenvalue weighted by molar-refractivity contribution is -0.0953. The maximum absolute atomic E-state index is 13.0. The van der Waals surface area contributed by atoms with Crippen molar-refractivity contribution in [3.05, 3.63) is 54.0 Å². The van der Waals surface area contributed by atoms with Crippen LogP contribution in [-0.2, 0) is 5.41 Å². The molecule has 0 atom stereocenters. The molecule has 7 nitrogen and oxygen atoms in total. The number of amides is 1. The Labute approximate surface area is 192 Å². The number of pyridine rings is 1. The topological polar surface area (TPSA) is 88.7 Å². The molecule has 2 bridgehead atoms. The molecule has 8 heteroatoms. The minimum Gasteiger partial charge on any atom is -0.496 e. The van der Waals surface area contributed by atoms with Crippen molar-refractivity contribution < 1.29 is 14.3 Å². The summed E-state index contributed by atoms with van der Waals surface area (Å²) in [6.45, 7) is 3.88. The van der Waals surface area contributed by atoms with Crippen LogP contribution in [0.3, 0.4) is 0 Å². The van der Waals surface area contributed by atoms with E-state index in [9.17, 15) is 10.1 Å². The Morgan fingerprint density at radius 3 is 2.59 bits per heavy atom. The van der Waals surface area contributed by atoms with E-state index < -0.39 is 0 Å². The zero-order valence-corrected chi connectivity index (χ0v) is 19.0. The first kappa shape index (κ1) is 22.0. The summed E-state index contributed by atoms with van der Waals surface area (Å²) in [4.78, 5) is 17.8. The maximum atomic E-state index is 13.0. The first-order valence-corrected chi connectivity index (χ1v) is 10.4. The Hall–Kier alpha value is -3.24. The fraction of sp³-hybridized carbons (Fsp3) is 0.375. The number of para-hydroxylation sites is 1. The molecule has 0 unspecified atom stereocenters. The number of imidazole rings is 1. The average molecular weight is 453 g/mol. The highest BCUT2D eigenvalue weighted by Crippen LogP contribution is 2.73. The molecule has 6 rings (SSSR count). The van der Waals surface area contributed by atoms with Crippen LogP contribution in [0.2, 0.25) is 0 Å². The predicted molar refractivity (Wildman–Crippen MR) is 123 cm³/mol. The largest absolute Gasteiger partial charge is 0.496 e. The molecule has 3 saturated carbocycles. The van der Waals surface area contributed by atoms with Gasteiger partial charge >= 0.3 is 0 Å². The van der Waals surface area contributed by atoms with E-state index in [1.54, 1.807) is 25.3 Å². The van der Waals surface area contributed by atoms with Gasteiger partial charge in [-0.3, -0.25) is 4.79 Å². The molecule has 0 saturated heterocycles. The summed E-state index contributed by atoms with van der Waals surface area (Å²) < 4.78 is 13.2. The summed E-state index contributed by atoms with van der Waals surface area (Å²) in [5.41, 5.74) is 2.68. The van der Waals surface area contributed by atoms with E-state index in [0.717, 1.165) is 30.6 Å². The lowest BCUT2D eigenvalue weighted by atomic mass is 9.35. The second kappa shape index (κ2) is 7.72. The van der Waals surface area contributed by atoms with Crippen LogP contribution in [0.25, 0.3) is 5.65 Å². The van der Waals surface area contributed by atoms with Crippen LogP contribution in [-0.4, -0.2) is 28.5 Å². The lowest BCUT2D eigenvalue weighted by Crippen LogP contribution is -2.63. The second-order valence-electron chi connectivity index (χ2n) is 8.97. The number of hydrogen-bond acceptors (Lipinski definition) is 5. The van der Waals surface area contributed by atoms with Gasteiger partial charge in [-0.05, 0) is 45.2 Å². The van der Waals surface area contributed by atoms with Crippen molar-refractivity contribution in [1.82, 2.24) is 9.38 Å². The van der Waals surface area contributed by atoms with Crippen LogP contribution in [0, 0.1) is 16.7 Å². The average Bonchev–Trinajstić information content (AvgIpc) is 3.08. The summed E-state index contributed by atoms with van der Waals surface area (Å²) in [5.74, 6) is 0.794. The zero-order chi connectivity index (χ0) is 21.8. The van der Waals surface area contributed by atoms with E-state index in [0.29, 0.717) is 22.7 Å². The number of benzene rings is 1. The van der Waals surface area contributed by atoms with E-state index in [1.165, 1.54) is 0 Å². The number of fused-ring (bicyclic) bond motifs is 1. The van der Waals surface area contributed by atoms with Crippen LogP contribution >= 0.6 is 12.4 Å². The van der Waals surface area contributed by atoms with E-state index >= 15 is 0 Å². The molecule has 3 aliphatic rings. The van der Waals surface area contributed by atoms with E-state index in [4.69, 9.17) is 14.5 Å². The van der Waals surface area contributed by atoms with Crippen molar-refractivity contribution in [3.63, 3.8) is 0 Å². The smallest absolute Gasteiger partial charge is 0.259 e. The molecule has 2 aromatic heterocycles. The summed E-state index contributed by atoms with van der Waals surface area (Å²) >= 11 is 0. The molecule has 3 aromatic rings. The summed E-state index contributed by atoms with van der Waals surface area (Å²) in [6.07, 6.45) is 6.43. The van der Waals surface area contributed by atoms with Gasteiger partial charge in [-0.1, -0.05) is 12.1 Å². The van der Waals surface area contributed by atoms with E-state index in [-0.39, 0.29) is 35.2 Å². The number of anilines is 1. The molecule has 1 N–H and O–H groups in total. The number of aromatic nitrogens is 2. The van der Waals surface area contributed by atoms with Crippen molar-refractivity contribution in [3.8, 4) is 17.6 Å². The van der Waals surface area contributed by atoms with Crippen LogP contribution in [0.1, 0.15) is 49.2 Å². The number of carbonyl (C=O) groups is 1. The summed E-state index contributed by atoms with van der Waals surface area (Å²) in [6, 6.07) is 11.4. The van der Waals surface area contributed by atoms with Crippen LogP contribution in [0.15, 0.2) is 42.7 Å². The van der Waals surface area contributed by atoms with Gasteiger partial charge in [0, 0.05) is 23.9 Å². The van der Waals surface area contributed by atoms with Gasteiger partial charge in [-0.15, -0.1) is 12.4 Å². The Balaban J connectivity index is 0.00000245. The molecule has 1 amide bonds. The molecule has 0 radical (unpaired) electrons. The van der Waals surface area contributed by atoms with Gasteiger partial charge in [-0.2, -0.15) is 5.26 Å². The third kappa shape index (κ3) is 3.35. The van der Waals surface area contributed by atoms with Gasteiger partial charge in [0.15, 0.2) is 0 Å². The molecular formula is C24H25ClN4O3. The number of nitriles is 1. The number of rotatable bonds is 6. The van der Waals surface area contributed by atoms with Gasteiger partial charge in [0.1, 0.15) is 22.8 Å². The summed E-state index contributed by atoms with van der Waals surface area (Å²) in [5, 5.41) is 12.3. The van der Waals surface area contributed by atoms with Crippen molar-refractivity contribution in [2.75, 3.05) is 12.4 Å². The first-order valence-electron chi connectivity index (χ1n) is 10.4. The Morgan fingerprint density at radius 1 is 1.22 bits per heavy atom. The predicted octanol–water partition coefficient (Wildman–Crippen LogP) is 4.75. The normalized spacial score (nSPS) is 22.8. The van der Waals surface area contributed by atoms with Crippen LogP contribution in [0.4, 0.5) is 5.69 Å². The third-order valence-corrected chi connectivity index (χ3v) is 6.33. The van der Waals surface area contributed by atoms with E-state index in [2.05, 4.69) is 11.4 Å². The molecule has 0 aliphatic heterocycles. The van der Waals surface area contributed by atoms with Gasteiger partial charge < -0.3 is 19.2 Å². The molecule has 0 spiro atoms. The molecule has 3 fully saturated rings. The van der Waals surface area contributed by atoms with Gasteiger partial charge in [-0.25, -0.2) is 4.98 Å².